The van der Waals surface area contributed by atoms with Crippen molar-refractivity contribution in [2.24, 2.45) is 0 Å². The standard InChI is InChI=1S/C17H18Cl2N2O3/c1-10(12-9-11(23-2)7-8-15(12)24-3)20-17(22)21-14-6-4-5-13(18)16(14)19/h4-10H,1-3H3,(H2,20,21,22)/t10-/m1/s1. The summed E-state index contributed by atoms with van der Waals surface area (Å²) in [6, 6.07) is 9.71. The molecule has 2 amide bonds. The third-order valence-corrected chi connectivity index (χ3v) is 4.27. The second kappa shape index (κ2) is 8.13. The average molecular weight is 369 g/mol. The first kappa shape index (κ1) is 18.2. The van der Waals surface area contributed by atoms with Crippen LogP contribution in [0.3, 0.4) is 0 Å². The predicted molar refractivity (Wildman–Crippen MR) is 96.6 cm³/mol. The number of carbonyl (C=O) groups excluding carboxylic acids is 1. The summed E-state index contributed by atoms with van der Waals surface area (Å²) in [4.78, 5) is 12.2. The first-order valence-corrected chi connectivity index (χ1v) is 7.95. The molecule has 128 valence electrons. The molecule has 0 saturated heterocycles. The molecular weight excluding hydrogens is 351 g/mol. The van der Waals surface area contributed by atoms with E-state index < -0.39 is 6.03 Å². The number of rotatable bonds is 5. The van der Waals surface area contributed by atoms with Crippen LogP contribution in [0, 0.1) is 0 Å². The Bertz CT molecular complexity index is 738. The normalized spacial score (nSPS) is 11.5. The molecule has 0 spiro atoms. The summed E-state index contributed by atoms with van der Waals surface area (Å²) in [5.41, 5.74) is 1.23. The predicted octanol–water partition coefficient (Wildman–Crippen LogP) is 4.89. The van der Waals surface area contributed by atoms with Gasteiger partial charge in [-0.2, -0.15) is 0 Å². The summed E-state index contributed by atoms with van der Waals surface area (Å²) in [5.74, 6) is 1.34. The highest BCUT2D eigenvalue weighted by Gasteiger charge is 2.16. The van der Waals surface area contributed by atoms with Gasteiger partial charge in [0.05, 0.1) is 36.0 Å². The van der Waals surface area contributed by atoms with Crippen LogP contribution in [0.25, 0.3) is 0 Å². The van der Waals surface area contributed by atoms with Crippen LogP contribution < -0.4 is 20.1 Å². The highest BCUT2D eigenvalue weighted by molar-refractivity contribution is 6.43. The van der Waals surface area contributed by atoms with Gasteiger partial charge in [-0.05, 0) is 37.3 Å². The average Bonchev–Trinajstić information content (AvgIpc) is 2.58. The lowest BCUT2D eigenvalue weighted by molar-refractivity contribution is 0.249. The molecule has 0 heterocycles. The van der Waals surface area contributed by atoms with Crippen molar-refractivity contribution >= 4 is 34.9 Å². The number of anilines is 1. The van der Waals surface area contributed by atoms with E-state index in [0.29, 0.717) is 27.2 Å². The number of carbonyl (C=O) groups is 1. The number of methoxy groups -OCH3 is 2. The van der Waals surface area contributed by atoms with Gasteiger partial charge in [-0.3, -0.25) is 0 Å². The molecule has 2 aromatic rings. The molecule has 7 heteroatoms. The second-order valence-corrected chi connectivity index (χ2v) is 5.81. The Morgan fingerprint density at radius 3 is 2.54 bits per heavy atom. The Morgan fingerprint density at radius 2 is 1.88 bits per heavy atom. The van der Waals surface area contributed by atoms with E-state index in [1.54, 1.807) is 44.6 Å². The number of urea groups is 1. The summed E-state index contributed by atoms with van der Waals surface area (Å²) >= 11 is 12.0. The molecule has 5 nitrogen and oxygen atoms in total. The number of hydrogen-bond acceptors (Lipinski definition) is 3. The van der Waals surface area contributed by atoms with Crippen molar-refractivity contribution in [3.8, 4) is 11.5 Å². The van der Waals surface area contributed by atoms with Crippen LogP contribution in [0.5, 0.6) is 11.5 Å². The molecule has 0 aromatic heterocycles. The van der Waals surface area contributed by atoms with Crippen molar-refractivity contribution in [3.05, 3.63) is 52.0 Å². The van der Waals surface area contributed by atoms with Crippen LogP contribution in [0.15, 0.2) is 36.4 Å². The zero-order chi connectivity index (χ0) is 17.7. The van der Waals surface area contributed by atoms with Crippen LogP contribution in [0.2, 0.25) is 10.0 Å². The number of nitrogens with one attached hydrogen (secondary N) is 2. The molecule has 0 radical (unpaired) electrons. The monoisotopic (exact) mass is 368 g/mol. The van der Waals surface area contributed by atoms with E-state index in [0.717, 1.165) is 5.56 Å². The Hall–Kier alpha value is -2.11. The van der Waals surface area contributed by atoms with E-state index in [9.17, 15) is 4.79 Å². The van der Waals surface area contributed by atoms with Gasteiger partial charge in [-0.15, -0.1) is 0 Å². The van der Waals surface area contributed by atoms with Gasteiger partial charge in [0.2, 0.25) is 0 Å². The zero-order valence-corrected chi connectivity index (χ0v) is 15.0. The van der Waals surface area contributed by atoms with Gasteiger partial charge in [0.25, 0.3) is 0 Å². The number of benzene rings is 2. The maximum absolute atomic E-state index is 12.2. The number of hydrogen-bond donors (Lipinski definition) is 2. The molecule has 0 fully saturated rings. The molecule has 1 atom stereocenters. The van der Waals surface area contributed by atoms with Gasteiger partial charge >= 0.3 is 6.03 Å². The smallest absolute Gasteiger partial charge is 0.319 e. The first-order valence-electron chi connectivity index (χ1n) is 7.19. The minimum atomic E-state index is -0.406. The molecule has 0 aliphatic rings. The molecule has 2 rings (SSSR count). The number of ether oxygens (including phenoxy) is 2. The van der Waals surface area contributed by atoms with E-state index >= 15 is 0 Å². The SMILES string of the molecule is COc1ccc(OC)c([C@@H](C)NC(=O)Nc2cccc(Cl)c2Cl)c1. The van der Waals surface area contributed by atoms with Crippen LogP contribution in [-0.2, 0) is 0 Å². The van der Waals surface area contributed by atoms with E-state index in [2.05, 4.69) is 10.6 Å². The fourth-order valence-electron chi connectivity index (χ4n) is 2.21. The van der Waals surface area contributed by atoms with Crippen molar-refractivity contribution < 1.29 is 14.3 Å². The number of halogens is 2. The molecule has 0 saturated carbocycles. The third-order valence-electron chi connectivity index (χ3n) is 3.45. The van der Waals surface area contributed by atoms with Crippen LogP contribution in [-0.4, -0.2) is 20.3 Å². The Labute approximate surface area is 150 Å². The second-order valence-electron chi connectivity index (χ2n) is 5.03. The van der Waals surface area contributed by atoms with Crippen molar-refractivity contribution in [1.82, 2.24) is 5.32 Å². The summed E-state index contributed by atoms with van der Waals surface area (Å²) < 4.78 is 10.6. The third kappa shape index (κ3) is 4.24. The van der Waals surface area contributed by atoms with Crippen molar-refractivity contribution in [3.63, 3.8) is 0 Å². The summed E-state index contributed by atoms with van der Waals surface area (Å²) in [7, 11) is 3.15. The lowest BCUT2D eigenvalue weighted by Crippen LogP contribution is -2.31. The van der Waals surface area contributed by atoms with Gasteiger partial charge < -0.3 is 20.1 Å². The quantitative estimate of drug-likeness (QED) is 0.789. The van der Waals surface area contributed by atoms with Gasteiger partial charge in [0, 0.05) is 5.56 Å². The number of amides is 2. The molecular formula is C17H18Cl2N2O3. The van der Waals surface area contributed by atoms with Crippen molar-refractivity contribution in [2.45, 2.75) is 13.0 Å². The Balaban J connectivity index is 2.13. The minimum absolute atomic E-state index is 0.293. The van der Waals surface area contributed by atoms with Gasteiger partial charge in [-0.1, -0.05) is 29.3 Å². The molecule has 2 N–H and O–H groups in total. The molecule has 2 aromatic carbocycles. The fraction of sp³-hybridized carbons (Fsp3) is 0.235. The largest absolute Gasteiger partial charge is 0.497 e. The molecule has 0 aliphatic heterocycles. The summed E-state index contributed by atoms with van der Waals surface area (Å²) in [6.45, 7) is 1.84. The van der Waals surface area contributed by atoms with E-state index in [1.807, 2.05) is 13.0 Å². The highest BCUT2D eigenvalue weighted by atomic mass is 35.5. The maximum atomic E-state index is 12.2. The Kier molecular flexibility index (Phi) is 6.17. The molecule has 0 aliphatic carbocycles. The lowest BCUT2D eigenvalue weighted by Gasteiger charge is -2.19. The molecule has 0 unspecified atom stereocenters. The van der Waals surface area contributed by atoms with Gasteiger partial charge in [-0.25, -0.2) is 4.79 Å². The van der Waals surface area contributed by atoms with Gasteiger partial charge in [0.1, 0.15) is 11.5 Å². The maximum Gasteiger partial charge on any atom is 0.319 e. The minimum Gasteiger partial charge on any atom is -0.497 e. The molecule has 24 heavy (non-hydrogen) atoms. The molecule has 0 bridgehead atoms. The first-order chi connectivity index (χ1) is 11.5. The Morgan fingerprint density at radius 1 is 1.12 bits per heavy atom. The summed E-state index contributed by atoms with van der Waals surface area (Å²) in [6.07, 6.45) is 0. The van der Waals surface area contributed by atoms with Crippen molar-refractivity contribution in [1.29, 1.82) is 0 Å². The van der Waals surface area contributed by atoms with E-state index in [-0.39, 0.29) is 6.04 Å². The topological polar surface area (TPSA) is 59.6 Å². The van der Waals surface area contributed by atoms with E-state index in [4.69, 9.17) is 32.7 Å². The lowest BCUT2D eigenvalue weighted by atomic mass is 10.1. The van der Waals surface area contributed by atoms with Crippen molar-refractivity contribution in [2.75, 3.05) is 19.5 Å². The van der Waals surface area contributed by atoms with Crippen LogP contribution >= 0.6 is 23.2 Å². The highest BCUT2D eigenvalue weighted by Crippen LogP contribution is 2.31. The van der Waals surface area contributed by atoms with Crippen LogP contribution in [0.4, 0.5) is 10.5 Å². The van der Waals surface area contributed by atoms with Gasteiger partial charge in [0.15, 0.2) is 0 Å². The van der Waals surface area contributed by atoms with Crippen LogP contribution in [0.1, 0.15) is 18.5 Å². The fourth-order valence-corrected chi connectivity index (χ4v) is 2.56. The zero-order valence-electron chi connectivity index (χ0n) is 13.5. The van der Waals surface area contributed by atoms with E-state index in [1.165, 1.54) is 0 Å². The summed E-state index contributed by atoms with van der Waals surface area (Å²) in [5, 5.41) is 6.17.